The maximum atomic E-state index is 13.5. The van der Waals surface area contributed by atoms with Crippen LogP contribution in [0.3, 0.4) is 0 Å². The molecule has 2 N–H and O–H groups in total. The summed E-state index contributed by atoms with van der Waals surface area (Å²) in [5, 5.41) is 12.5. The van der Waals surface area contributed by atoms with Crippen LogP contribution in [0, 0.1) is 6.92 Å². The third-order valence-electron chi connectivity index (χ3n) is 6.42. The van der Waals surface area contributed by atoms with E-state index < -0.39 is 17.7 Å². The van der Waals surface area contributed by atoms with Gasteiger partial charge in [0.25, 0.3) is 11.7 Å². The number of carbonyl (C=O) groups excluding carboxylic acids is 2. The smallest absolute Gasteiger partial charge is 0.300 e. The standard InChI is InChI=1S/C28H23ClN2O5/c1-15-23(19-9-4-5-10-21(19)30-15)25-24(26(32)16-11-12-22(36-3)20(29)13-16)27(33)28(34)31(25)17-7-6-8-18(14-17)35-2/h4-14,25,30,32H,1-3H3/b26-24+. The molecular weight excluding hydrogens is 480 g/mol. The van der Waals surface area contributed by atoms with Gasteiger partial charge in [-0.25, -0.2) is 0 Å². The third-order valence-corrected chi connectivity index (χ3v) is 6.71. The van der Waals surface area contributed by atoms with E-state index >= 15 is 0 Å². The number of aliphatic hydroxyl groups is 1. The third kappa shape index (κ3) is 3.69. The summed E-state index contributed by atoms with van der Waals surface area (Å²) in [4.78, 5) is 31.8. The average molecular weight is 503 g/mol. The summed E-state index contributed by atoms with van der Waals surface area (Å²) in [5.74, 6) is -0.908. The molecule has 0 bridgehead atoms. The van der Waals surface area contributed by atoms with Crippen LogP contribution >= 0.6 is 11.6 Å². The lowest BCUT2D eigenvalue weighted by Crippen LogP contribution is -2.29. The number of rotatable bonds is 5. The van der Waals surface area contributed by atoms with Crippen LogP contribution in [0.5, 0.6) is 11.5 Å². The summed E-state index contributed by atoms with van der Waals surface area (Å²) in [5.41, 5.74) is 3.08. The molecule has 1 amide bonds. The molecule has 0 radical (unpaired) electrons. The molecule has 1 aromatic heterocycles. The molecule has 1 unspecified atom stereocenters. The first-order chi connectivity index (χ1) is 17.3. The number of nitrogens with zero attached hydrogens (tertiary/aromatic N) is 1. The monoisotopic (exact) mass is 502 g/mol. The number of H-pyrrole nitrogens is 1. The summed E-state index contributed by atoms with van der Waals surface area (Å²) in [7, 11) is 3.02. The second-order valence-corrected chi connectivity index (χ2v) is 8.84. The first-order valence-corrected chi connectivity index (χ1v) is 11.6. The quantitative estimate of drug-likeness (QED) is 0.205. The number of para-hydroxylation sites is 1. The van der Waals surface area contributed by atoms with E-state index in [1.165, 1.54) is 25.2 Å². The largest absolute Gasteiger partial charge is 0.507 e. The van der Waals surface area contributed by atoms with E-state index in [1.54, 1.807) is 36.4 Å². The van der Waals surface area contributed by atoms with E-state index in [0.717, 1.165) is 16.6 Å². The van der Waals surface area contributed by atoms with Gasteiger partial charge in [0.2, 0.25) is 0 Å². The van der Waals surface area contributed by atoms with Crippen molar-refractivity contribution >= 4 is 45.6 Å². The molecular formula is C28H23ClN2O5. The van der Waals surface area contributed by atoms with Crippen LogP contribution in [0.15, 0.2) is 72.3 Å². The van der Waals surface area contributed by atoms with Crippen LogP contribution in [-0.4, -0.2) is 36.0 Å². The molecule has 7 nitrogen and oxygen atoms in total. The van der Waals surface area contributed by atoms with Gasteiger partial charge in [0, 0.05) is 39.5 Å². The van der Waals surface area contributed by atoms with Crippen LogP contribution in [-0.2, 0) is 9.59 Å². The fraction of sp³-hybridized carbons (Fsp3) is 0.143. The zero-order valence-electron chi connectivity index (χ0n) is 19.8. The molecule has 1 aliphatic rings. The van der Waals surface area contributed by atoms with E-state index in [9.17, 15) is 14.7 Å². The van der Waals surface area contributed by atoms with Crippen LogP contribution in [0.1, 0.15) is 22.9 Å². The van der Waals surface area contributed by atoms with Crippen molar-refractivity contribution in [1.82, 2.24) is 4.98 Å². The minimum absolute atomic E-state index is 0.0306. The van der Waals surface area contributed by atoms with Crippen molar-refractivity contribution < 1.29 is 24.2 Å². The number of methoxy groups -OCH3 is 2. The van der Waals surface area contributed by atoms with E-state index in [0.29, 0.717) is 28.3 Å². The fourth-order valence-electron chi connectivity index (χ4n) is 4.75. The Balaban J connectivity index is 1.80. The molecule has 0 saturated carbocycles. The van der Waals surface area contributed by atoms with Crippen molar-refractivity contribution in [1.29, 1.82) is 0 Å². The van der Waals surface area contributed by atoms with Gasteiger partial charge in [0.1, 0.15) is 17.3 Å². The van der Waals surface area contributed by atoms with E-state index in [2.05, 4.69) is 4.98 Å². The predicted molar refractivity (Wildman–Crippen MR) is 139 cm³/mol. The number of nitrogens with one attached hydrogen (secondary N) is 1. The van der Waals surface area contributed by atoms with Gasteiger partial charge < -0.3 is 19.6 Å². The number of aryl methyl sites for hydroxylation is 1. The van der Waals surface area contributed by atoms with Gasteiger partial charge in [-0.3, -0.25) is 14.5 Å². The average Bonchev–Trinajstić information content (AvgIpc) is 3.35. The highest BCUT2D eigenvalue weighted by Crippen LogP contribution is 2.46. The number of aliphatic hydroxyl groups excluding tert-OH is 1. The van der Waals surface area contributed by atoms with Gasteiger partial charge in [0.05, 0.1) is 30.9 Å². The first kappa shape index (κ1) is 23.5. The number of carbonyl (C=O) groups is 2. The molecule has 1 atom stereocenters. The molecule has 2 heterocycles. The van der Waals surface area contributed by atoms with Crippen molar-refractivity contribution in [3.63, 3.8) is 0 Å². The number of ether oxygens (including phenoxy) is 2. The molecule has 8 heteroatoms. The minimum Gasteiger partial charge on any atom is -0.507 e. The van der Waals surface area contributed by atoms with Crippen molar-refractivity contribution in [3.05, 3.63) is 94.1 Å². The number of ketones is 1. The predicted octanol–water partition coefficient (Wildman–Crippen LogP) is 5.77. The topological polar surface area (TPSA) is 91.9 Å². The maximum absolute atomic E-state index is 13.5. The van der Waals surface area contributed by atoms with Gasteiger partial charge in [-0.1, -0.05) is 35.9 Å². The summed E-state index contributed by atoms with van der Waals surface area (Å²) >= 11 is 6.30. The molecule has 4 aromatic rings. The van der Waals surface area contributed by atoms with Crippen molar-refractivity contribution in [3.8, 4) is 11.5 Å². The van der Waals surface area contributed by atoms with Crippen LogP contribution in [0.4, 0.5) is 5.69 Å². The Morgan fingerprint density at radius 2 is 1.78 bits per heavy atom. The zero-order valence-corrected chi connectivity index (χ0v) is 20.6. The van der Waals surface area contributed by atoms with Crippen LogP contribution in [0.25, 0.3) is 16.7 Å². The number of anilines is 1. The summed E-state index contributed by atoms with van der Waals surface area (Å²) < 4.78 is 10.6. The number of hydrogen-bond donors (Lipinski definition) is 2. The molecule has 182 valence electrons. The molecule has 0 aliphatic carbocycles. The van der Waals surface area contributed by atoms with Crippen LogP contribution < -0.4 is 14.4 Å². The number of hydrogen-bond acceptors (Lipinski definition) is 5. The molecule has 36 heavy (non-hydrogen) atoms. The number of aromatic amines is 1. The van der Waals surface area contributed by atoms with E-state index in [-0.39, 0.29) is 16.4 Å². The molecule has 1 saturated heterocycles. The minimum atomic E-state index is -0.894. The first-order valence-electron chi connectivity index (χ1n) is 11.2. The molecule has 1 aliphatic heterocycles. The molecule has 0 spiro atoms. The Labute approximate surface area is 212 Å². The Hall–Kier alpha value is -4.23. The van der Waals surface area contributed by atoms with Gasteiger partial charge >= 0.3 is 0 Å². The number of aromatic nitrogens is 1. The fourth-order valence-corrected chi connectivity index (χ4v) is 5.01. The molecule has 1 fully saturated rings. The number of halogens is 1. The Bertz CT molecular complexity index is 1550. The number of amides is 1. The second kappa shape index (κ2) is 9.09. The SMILES string of the molecule is COc1cccc(N2C(=O)C(=O)/C(=C(/O)c3ccc(OC)c(Cl)c3)C2c2c(C)[nH]c3ccccc23)c1. The highest BCUT2D eigenvalue weighted by molar-refractivity contribution is 6.52. The Morgan fingerprint density at radius 1 is 1.00 bits per heavy atom. The highest BCUT2D eigenvalue weighted by atomic mass is 35.5. The van der Waals surface area contributed by atoms with Gasteiger partial charge in [-0.15, -0.1) is 0 Å². The summed E-state index contributed by atoms with van der Waals surface area (Å²) in [6.07, 6.45) is 0. The Morgan fingerprint density at radius 3 is 2.50 bits per heavy atom. The van der Waals surface area contributed by atoms with Crippen molar-refractivity contribution in [2.24, 2.45) is 0 Å². The van der Waals surface area contributed by atoms with Crippen LogP contribution in [0.2, 0.25) is 5.02 Å². The zero-order chi connectivity index (χ0) is 25.6. The number of Topliss-reactive ketones (excluding diaryl/α,β-unsaturated/α-hetero) is 1. The lowest BCUT2D eigenvalue weighted by Gasteiger charge is -2.26. The Kier molecular flexibility index (Phi) is 5.94. The normalized spacial score (nSPS) is 17.1. The van der Waals surface area contributed by atoms with Gasteiger partial charge in [0.15, 0.2) is 0 Å². The summed E-state index contributed by atoms with van der Waals surface area (Å²) in [6.45, 7) is 1.88. The van der Waals surface area contributed by atoms with E-state index in [1.807, 2.05) is 31.2 Å². The lowest BCUT2D eigenvalue weighted by molar-refractivity contribution is -0.132. The lowest BCUT2D eigenvalue weighted by atomic mass is 9.93. The number of fused-ring (bicyclic) bond motifs is 1. The maximum Gasteiger partial charge on any atom is 0.300 e. The number of benzene rings is 3. The van der Waals surface area contributed by atoms with Crippen molar-refractivity contribution in [2.75, 3.05) is 19.1 Å². The van der Waals surface area contributed by atoms with Gasteiger partial charge in [-0.2, -0.15) is 0 Å². The van der Waals surface area contributed by atoms with E-state index in [4.69, 9.17) is 21.1 Å². The summed E-state index contributed by atoms with van der Waals surface area (Å²) in [6, 6.07) is 18.4. The highest BCUT2D eigenvalue weighted by Gasteiger charge is 2.48. The molecule has 5 rings (SSSR count). The second-order valence-electron chi connectivity index (χ2n) is 8.43. The molecule has 3 aromatic carbocycles. The van der Waals surface area contributed by atoms with Crippen molar-refractivity contribution in [2.45, 2.75) is 13.0 Å². The van der Waals surface area contributed by atoms with Gasteiger partial charge in [-0.05, 0) is 43.3 Å².